The Morgan fingerprint density at radius 3 is 2.52 bits per heavy atom. The van der Waals surface area contributed by atoms with Crippen LogP contribution in [0.15, 0.2) is 23.1 Å². The Morgan fingerprint density at radius 1 is 1.43 bits per heavy atom. The molecule has 21 heavy (non-hydrogen) atoms. The molecule has 1 aromatic rings. The lowest BCUT2D eigenvalue weighted by atomic mass is 10.3. The molecule has 0 aliphatic heterocycles. The van der Waals surface area contributed by atoms with Crippen molar-refractivity contribution in [1.29, 1.82) is 0 Å². The van der Waals surface area contributed by atoms with Gasteiger partial charge in [0.15, 0.2) is 4.90 Å². The van der Waals surface area contributed by atoms with E-state index in [0.29, 0.717) is 0 Å². The fraction of sp³-hybridized carbons (Fsp3) is 0.500. The van der Waals surface area contributed by atoms with Crippen molar-refractivity contribution in [2.45, 2.75) is 24.8 Å². The number of nitro groups is 1. The van der Waals surface area contributed by atoms with E-state index in [2.05, 4.69) is 0 Å². The van der Waals surface area contributed by atoms with Crippen LogP contribution in [0.5, 0.6) is 0 Å². The highest BCUT2D eigenvalue weighted by molar-refractivity contribution is 7.89. The summed E-state index contributed by atoms with van der Waals surface area (Å²) in [5, 5.41) is 11.0. The van der Waals surface area contributed by atoms with Crippen molar-refractivity contribution in [2.75, 3.05) is 20.3 Å². The first-order valence-electron chi connectivity index (χ1n) is 6.17. The summed E-state index contributed by atoms with van der Waals surface area (Å²) >= 11 is 0. The van der Waals surface area contributed by atoms with Crippen molar-refractivity contribution in [3.8, 4) is 0 Å². The summed E-state index contributed by atoms with van der Waals surface area (Å²) in [6.07, 6.45) is 0. The monoisotopic (exact) mass is 320 g/mol. The normalized spacial score (nSPS) is 12.1. The molecule has 0 unspecified atom stereocenters. The summed E-state index contributed by atoms with van der Waals surface area (Å²) in [6.45, 7) is 3.39. The van der Waals surface area contributed by atoms with Crippen LogP contribution in [0.2, 0.25) is 0 Å². The maximum Gasteiger partial charge on any atom is 0.324 e. The summed E-state index contributed by atoms with van der Waals surface area (Å²) in [4.78, 5) is 9.27. The number of ether oxygens (including phenoxy) is 1. The molecule has 0 fully saturated rings. The Hall–Kier alpha value is -1.58. The van der Waals surface area contributed by atoms with Crippen molar-refractivity contribution >= 4 is 15.7 Å². The molecular formula is C12H17FN2O5S. The Morgan fingerprint density at radius 2 is 2.05 bits per heavy atom. The zero-order valence-corrected chi connectivity index (χ0v) is 12.8. The Labute approximate surface area is 122 Å². The number of nitrogens with zero attached hydrogens (tertiary/aromatic N) is 2. The van der Waals surface area contributed by atoms with E-state index >= 15 is 0 Å². The summed E-state index contributed by atoms with van der Waals surface area (Å²) < 4.78 is 44.6. The number of para-hydroxylation sites is 1. The smallest absolute Gasteiger partial charge is 0.324 e. The molecule has 0 N–H and O–H groups in total. The van der Waals surface area contributed by atoms with Gasteiger partial charge in [0.25, 0.3) is 0 Å². The van der Waals surface area contributed by atoms with Crippen LogP contribution < -0.4 is 0 Å². The lowest BCUT2D eigenvalue weighted by Gasteiger charge is -2.25. The second kappa shape index (κ2) is 6.92. The molecule has 0 saturated heterocycles. The summed E-state index contributed by atoms with van der Waals surface area (Å²) in [5.74, 6) is -1.18. The molecule has 1 rings (SSSR count). The molecule has 7 nitrogen and oxygen atoms in total. The quantitative estimate of drug-likeness (QED) is 0.564. The Bertz CT molecular complexity index is 618. The molecule has 0 aromatic heterocycles. The van der Waals surface area contributed by atoms with Crippen molar-refractivity contribution in [3.05, 3.63) is 34.1 Å². The summed E-state index contributed by atoms with van der Waals surface area (Å²) in [6, 6.07) is 2.56. The Kier molecular flexibility index (Phi) is 5.76. The molecule has 0 heterocycles. The second-order valence-corrected chi connectivity index (χ2v) is 6.40. The zero-order chi connectivity index (χ0) is 16.2. The highest BCUT2D eigenvalue weighted by Crippen LogP contribution is 2.29. The standard InChI is InChI=1S/C12H17FN2O5S/c1-9(2)14(7-8-20-3)21(18,19)11-6-4-5-10(13)12(11)15(16)17/h4-6,9H,7-8H2,1-3H3. The number of hydrogen-bond acceptors (Lipinski definition) is 5. The fourth-order valence-electron chi connectivity index (χ4n) is 1.84. The summed E-state index contributed by atoms with van der Waals surface area (Å²) in [5.41, 5.74) is -1.04. The predicted octanol–water partition coefficient (Wildman–Crippen LogP) is 1.78. The molecule has 0 radical (unpaired) electrons. The molecule has 0 aliphatic rings. The van der Waals surface area contributed by atoms with Crippen LogP contribution in [0.25, 0.3) is 0 Å². The number of halogens is 1. The van der Waals surface area contributed by atoms with Gasteiger partial charge < -0.3 is 4.74 Å². The largest absolute Gasteiger partial charge is 0.383 e. The van der Waals surface area contributed by atoms with Crippen LogP contribution in [0.1, 0.15) is 13.8 Å². The third kappa shape index (κ3) is 3.74. The SMILES string of the molecule is COCCN(C(C)C)S(=O)(=O)c1cccc(F)c1[N+](=O)[O-]. The predicted molar refractivity (Wildman–Crippen MR) is 74.0 cm³/mol. The highest BCUT2D eigenvalue weighted by atomic mass is 32.2. The van der Waals surface area contributed by atoms with Crippen LogP contribution in [-0.2, 0) is 14.8 Å². The number of benzene rings is 1. The minimum absolute atomic E-state index is 0.0180. The van der Waals surface area contributed by atoms with Gasteiger partial charge in [-0.05, 0) is 26.0 Å². The van der Waals surface area contributed by atoms with E-state index in [0.717, 1.165) is 22.5 Å². The minimum atomic E-state index is -4.20. The lowest BCUT2D eigenvalue weighted by molar-refractivity contribution is -0.390. The van der Waals surface area contributed by atoms with Crippen LogP contribution >= 0.6 is 0 Å². The van der Waals surface area contributed by atoms with Gasteiger partial charge in [-0.15, -0.1) is 0 Å². The maximum atomic E-state index is 13.6. The van der Waals surface area contributed by atoms with E-state index in [-0.39, 0.29) is 13.2 Å². The van der Waals surface area contributed by atoms with Crippen molar-refractivity contribution < 1.29 is 22.5 Å². The van der Waals surface area contributed by atoms with Gasteiger partial charge in [0, 0.05) is 19.7 Å². The number of rotatable bonds is 7. The zero-order valence-electron chi connectivity index (χ0n) is 11.9. The van der Waals surface area contributed by atoms with Crippen LogP contribution in [-0.4, -0.2) is 43.9 Å². The fourth-order valence-corrected chi connectivity index (χ4v) is 3.63. The third-order valence-corrected chi connectivity index (χ3v) is 4.92. The molecule has 0 bridgehead atoms. The molecule has 0 saturated carbocycles. The first kappa shape index (κ1) is 17.5. The van der Waals surface area contributed by atoms with E-state index in [1.807, 2.05) is 0 Å². The van der Waals surface area contributed by atoms with Gasteiger partial charge in [-0.1, -0.05) is 6.07 Å². The van der Waals surface area contributed by atoms with Gasteiger partial charge in [-0.2, -0.15) is 8.70 Å². The first-order valence-corrected chi connectivity index (χ1v) is 7.61. The second-order valence-electron chi connectivity index (χ2n) is 4.55. The van der Waals surface area contributed by atoms with Crippen LogP contribution in [0.4, 0.5) is 10.1 Å². The van der Waals surface area contributed by atoms with E-state index < -0.39 is 37.4 Å². The Balaban J connectivity index is 3.42. The third-order valence-electron chi connectivity index (χ3n) is 2.81. The number of nitro benzene ring substituents is 1. The van der Waals surface area contributed by atoms with E-state index in [9.17, 15) is 22.9 Å². The van der Waals surface area contributed by atoms with Gasteiger partial charge in [0.1, 0.15) is 0 Å². The highest BCUT2D eigenvalue weighted by Gasteiger charge is 2.35. The summed E-state index contributed by atoms with van der Waals surface area (Å²) in [7, 11) is -2.79. The molecule has 0 spiro atoms. The molecule has 0 amide bonds. The first-order chi connectivity index (χ1) is 9.73. The minimum Gasteiger partial charge on any atom is -0.383 e. The van der Waals surface area contributed by atoms with E-state index in [4.69, 9.17) is 4.74 Å². The number of hydrogen-bond donors (Lipinski definition) is 0. The van der Waals surface area contributed by atoms with Crippen LogP contribution in [0.3, 0.4) is 0 Å². The lowest BCUT2D eigenvalue weighted by Crippen LogP contribution is -2.39. The molecule has 0 atom stereocenters. The average Bonchev–Trinajstić information content (AvgIpc) is 2.37. The van der Waals surface area contributed by atoms with Crippen molar-refractivity contribution in [1.82, 2.24) is 4.31 Å². The van der Waals surface area contributed by atoms with Crippen molar-refractivity contribution in [3.63, 3.8) is 0 Å². The van der Waals surface area contributed by atoms with Gasteiger partial charge in [0.05, 0.1) is 11.5 Å². The molecule has 118 valence electrons. The topological polar surface area (TPSA) is 89.8 Å². The van der Waals surface area contributed by atoms with Gasteiger partial charge in [-0.25, -0.2) is 8.42 Å². The van der Waals surface area contributed by atoms with E-state index in [1.54, 1.807) is 13.8 Å². The van der Waals surface area contributed by atoms with Crippen molar-refractivity contribution in [2.24, 2.45) is 0 Å². The molecular weight excluding hydrogens is 303 g/mol. The van der Waals surface area contributed by atoms with E-state index in [1.165, 1.54) is 7.11 Å². The van der Waals surface area contributed by atoms with Gasteiger partial charge in [-0.3, -0.25) is 10.1 Å². The average molecular weight is 320 g/mol. The van der Waals surface area contributed by atoms with Gasteiger partial charge in [0.2, 0.25) is 15.8 Å². The maximum absolute atomic E-state index is 13.6. The number of sulfonamides is 1. The molecule has 1 aromatic carbocycles. The molecule has 9 heteroatoms. The number of methoxy groups -OCH3 is 1. The molecule has 0 aliphatic carbocycles. The van der Waals surface area contributed by atoms with Crippen LogP contribution in [0, 0.1) is 15.9 Å². The van der Waals surface area contributed by atoms with Gasteiger partial charge >= 0.3 is 5.69 Å².